The summed E-state index contributed by atoms with van der Waals surface area (Å²) < 4.78 is 13.1. The number of nitrogens with zero attached hydrogens (tertiary/aromatic N) is 1. The van der Waals surface area contributed by atoms with Gasteiger partial charge in [-0.05, 0) is 23.8 Å². The van der Waals surface area contributed by atoms with E-state index in [4.69, 9.17) is 23.2 Å². The van der Waals surface area contributed by atoms with E-state index in [2.05, 4.69) is 5.10 Å². The fourth-order valence-electron chi connectivity index (χ4n) is 0.843. The van der Waals surface area contributed by atoms with Crippen LogP contribution in [-0.2, 0) is 5.75 Å². The molecule has 0 spiro atoms. The van der Waals surface area contributed by atoms with E-state index in [1.807, 2.05) is 0 Å². The average molecular weight is 234 g/mol. The first-order chi connectivity index (χ1) is 6.63. The topological polar surface area (TPSA) is 64.4 Å². The van der Waals surface area contributed by atoms with E-state index in [1.54, 1.807) is 6.07 Å². The van der Waals surface area contributed by atoms with Gasteiger partial charge in [0.25, 0.3) is 0 Å². The third-order valence-electron chi connectivity index (χ3n) is 1.51. The van der Waals surface area contributed by atoms with Gasteiger partial charge >= 0.3 is 0 Å². The van der Waals surface area contributed by atoms with Crippen LogP contribution in [-0.4, -0.2) is 5.17 Å². The van der Waals surface area contributed by atoms with Gasteiger partial charge < -0.3 is 11.6 Å². The van der Waals surface area contributed by atoms with Crippen molar-refractivity contribution in [3.63, 3.8) is 0 Å². The molecule has 0 fully saturated rings. The van der Waals surface area contributed by atoms with Crippen LogP contribution in [0.3, 0.4) is 0 Å². The van der Waals surface area contributed by atoms with Gasteiger partial charge in [0.05, 0.1) is 0 Å². The summed E-state index contributed by atoms with van der Waals surface area (Å²) in [6, 6.07) is 4.35. The Morgan fingerprint density at radius 1 is 1.57 bits per heavy atom. The molecule has 76 valence electrons. The van der Waals surface area contributed by atoms with Crippen LogP contribution in [0.25, 0.3) is 0 Å². The minimum absolute atomic E-state index is 0.212. The van der Waals surface area contributed by atoms with Crippen LogP contribution in [0.2, 0.25) is 5.02 Å². The maximum Gasteiger partial charge on any atom is 0.177 e. The van der Waals surface area contributed by atoms with E-state index >= 15 is 0 Å². The third kappa shape index (κ3) is 3.08. The summed E-state index contributed by atoms with van der Waals surface area (Å²) >= 11 is 6.86. The maximum atomic E-state index is 13.1. The van der Waals surface area contributed by atoms with Crippen molar-refractivity contribution in [1.82, 2.24) is 0 Å². The minimum Gasteiger partial charge on any atom is -0.377 e. The number of thioether (sulfide) groups is 1. The standard InChI is InChI=1S/C8H9ClFN3S/c9-6-1-2-7(10)5(3-6)4-14-8(11)13-12/h1-3H,4,12H2,(H2,11,13). The van der Waals surface area contributed by atoms with Crippen LogP contribution in [0, 0.1) is 5.82 Å². The smallest absolute Gasteiger partial charge is 0.177 e. The molecule has 0 saturated carbocycles. The molecule has 1 aromatic carbocycles. The fourth-order valence-corrected chi connectivity index (χ4v) is 1.64. The maximum absolute atomic E-state index is 13.1. The first-order valence-electron chi connectivity index (χ1n) is 3.73. The highest BCUT2D eigenvalue weighted by Crippen LogP contribution is 2.19. The first-order valence-corrected chi connectivity index (χ1v) is 5.10. The van der Waals surface area contributed by atoms with Crippen LogP contribution in [0.15, 0.2) is 23.3 Å². The number of amidine groups is 1. The van der Waals surface area contributed by atoms with Gasteiger partial charge in [-0.1, -0.05) is 23.4 Å². The molecule has 0 aliphatic heterocycles. The zero-order valence-electron chi connectivity index (χ0n) is 7.21. The number of rotatable bonds is 2. The lowest BCUT2D eigenvalue weighted by Gasteiger charge is -2.02. The molecule has 0 atom stereocenters. The normalized spacial score (nSPS) is 11.7. The molecule has 0 bridgehead atoms. The zero-order valence-corrected chi connectivity index (χ0v) is 8.78. The van der Waals surface area contributed by atoms with Crippen molar-refractivity contribution in [2.45, 2.75) is 5.75 Å². The van der Waals surface area contributed by atoms with Crippen LogP contribution < -0.4 is 11.6 Å². The minimum atomic E-state index is -0.313. The summed E-state index contributed by atoms with van der Waals surface area (Å²) in [4.78, 5) is 0. The van der Waals surface area contributed by atoms with Gasteiger partial charge in [-0.2, -0.15) is 5.10 Å². The highest BCUT2D eigenvalue weighted by Gasteiger charge is 2.04. The number of benzene rings is 1. The average Bonchev–Trinajstić information content (AvgIpc) is 2.19. The number of hydrogen-bond donors (Lipinski definition) is 2. The quantitative estimate of drug-likeness (QED) is 0.355. The predicted molar refractivity (Wildman–Crippen MR) is 58.5 cm³/mol. The lowest BCUT2D eigenvalue weighted by Crippen LogP contribution is -2.09. The number of hydrogen-bond acceptors (Lipinski definition) is 3. The number of hydrazone groups is 1. The van der Waals surface area contributed by atoms with Crippen molar-refractivity contribution in [2.75, 3.05) is 0 Å². The lowest BCUT2D eigenvalue weighted by molar-refractivity contribution is 0.617. The summed E-state index contributed by atoms with van der Waals surface area (Å²) in [5.41, 5.74) is 5.82. The second-order valence-corrected chi connectivity index (χ2v) is 3.92. The first kappa shape index (κ1) is 11.1. The summed E-state index contributed by atoms with van der Waals surface area (Å²) in [7, 11) is 0. The van der Waals surface area contributed by atoms with E-state index in [-0.39, 0.29) is 11.0 Å². The Hall–Kier alpha value is -0.940. The molecule has 0 aliphatic rings. The molecule has 0 aromatic heterocycles. The predicted octanol–water partition coefficient (Wildman–Crippen LogP) is 1.90. The highest BCUT2D eigenvalue weighted by molar-refractivity contribution is 8.13. The van der Waals surface area contributed by atoms with E-state index in [9.17, 15) is 4.39 Å². The van der Waals surface area contributed by atoms with Gasteiger partial charge in [-0.3, -0.25) is 0 Å². The van der Waals surface area contributed by atoms with Crippen molar-refractivity contribution < 1.29 is 4.39 Å². The third-order valence-corrected chi connectivity index (χ3v) is 2.60. The second kappa shape index (κ2) is 5.07. The van der Waals surface area contributed by atoms with Gasteiger partial charge in [0.2, 0.25) is 0 Å². The van der Waals surface area contributed by atoms with E-state index in [0.29, 0.717) is 16.3 Å². The van der Waals surface area contributed by atoms with Crippen LogP contribution in [0.4, 0.5) is 4.39 Å². The van der Waals surface area contributed by atoms with Gasteiger partial charge in [-0.15, -0.1) is 0 Å². The van der Waals surface area contributed by atoms with Crippen molar-refractivity contribution in [3.8, 4) is 0 Å². The van der Waals surface area contributed by atoms with Gasteiger partial charge in [0.1, 0.15) is 5.82 Å². The molecule has 14 heavy (non-hydrogen) atoms. The Kier molecular flexibility index (Phi) is 4.03. The highest BCUT2D eigenvalue weighted by atomic mass is 35.5. The summed E-state index contributed by atoms with van der Waals surface area (Å²) in [5, 5.41) is 3.96. The molecular weight excluding hydrogens is 225 g/mol. The monoisotopic (exact) mass is 233 g/mol. The van der Waals surface area contributed by atoms with Crippen LogP contribution in [0.1, 0.15) is 5.56 Å². The van der Waals surface area contributed by atoms with Gasteiger partial charge in [0.15, 0.2) is 5.17 Å². The molecule has 1 aromatic rings. The molecular formula is C8H9ClFN3S. The second-order valence-electron chi connectivity index (χ2n) is 2.49. The largest absolute Gasteiger partial charge is 0.377 e. The fraction of sp³-hybridized carbons (Fsp3) is 0.125. The molecule has 3 nitrogen and oxygen atoms in total. The summed E-state index contributed by atoms with van der Waals surface area (Å²) in [6.07, 6.45) is 0. The van der Waals surface area contributed by atoms with E-state index in [1.165, 1.54) is 12.1 Å². The van der Waals surface area contributed by atoms with Crippen LogP contribution in [0.5, 0.6) is 0 Å². The Balaban J connectivity index is 2.71. The Bertz CT molecular complexity index is 356. The molecule has 0 radical (unpaired) electrons. The Morgan fingerprint density at radius 3 is 2.93 bits per heavy atom. The molecule has 0 unspecified atom stereocenters. The van der Waals surface area contributed by atoms with E-state index in [0.717, 1.165) is 11.8 Å². The molecule has 0 saturated heterocycles. The molecule has 1 rings (SSSR count). The molecule has 0 heterocycles. The zero-order chi connectivity index (χ0) is 10.6. The van der Waals surface area contributed by atoms with Crippen LogP contribution >= 0.6 is 23.4 Å². The van der Waals surface area contributed by atoms with Gasteiger partial charge in [0, 0.05) is 10.8 Å². The van der Waals surface area contributed by atoms with E-state index < -0.39 is 0 Å². The molecule has 0 aliphatic carbocycles. The lowest BCUT2D eigenvalue weighted by atomic mass is 10.2. The van der Waals surface area contributed by atoms with Crippen molar-refractivity contribution in [1.29, 1.82) is 0 Å². The summed E-state index contributed by atoms with van der Waals surface area (Å²) in [5.74, 6) is 4.97. The SMILES string of the molecule is N/N=C(/N)SCc1cc(Cl)ccc1F. The van der Waals surface area contributed by atoms with Crippen molar-refractivity contribution >= 4 is 28.5 Å². The molecule has 0 amide bonds. The summed E-state index contributed by atoms with van der Waals surface area (Å²) in [6.45, 7) is 0. The van der Waals surface area contributed by atoms with Crippen molar-refractivity contribution in [3.05, 3.63) is 34.6 Å². The molecule has 4 N–H and O–H groups in total. The van der Waals surface area contributed by atoms with Gasteiger partial charge in [-0.25, -0.2) is 4.39 Å². The Morgan fingerprint density at radius 2 is 2.29 bits per heavy atom. The van der Waals surface area contributed by atoms with Crippen molar-refractivity contribution in [2.24, 2.45) is 16.7 Å². The Labute approximate surface area is 90.3 Å². The number of halogens is 2. The number of nitrogens with two attached hydrogens (primary N) is 2. The molecule has 6 heteroatoms.